The van der Waals surface area contributed by atoms with E-state index in [4.69, 9.17) is 26.8 Å². The number of ether oxygens (including phenoxy) is 2. The van der Waals surface area contributed by atoms with E-state index in [0.717, 1.165) is 50.6 Å². The van der Waals surface area contributed by atoms with Gasteiger partial charge in [0.1, 0.15) is 17.1 Å². The zero-order valence-corrected chi connectivity index (χ0v) is 19.8. The van der Waals surface area contributed by atoms with Crippen LogP contribution in [0.1, 0.15) is 6.42 Å². The van der Waals surface area contributed by atoms with Gasteiger partial charge in [0.15, 0.2) is 5.82 Å². The molecule has 9 nitrogen and oxygen atoms in total. The Morgan fingerprint density at radius 2 is 1.91 bits per heavy atom. The Morgan fingerprint density at radius 3 is 2.62 bits per heavy atom. The first kappa shape index (κ1) is 23.9. The van der Waals surface area contributed by atoms with Gasteiger partial charge in [-0.25, -0.2) is 9.48 Å². The minimum absolute atomic E-state index is 0.280. The van der Waals surface area contributed by atoms with Crippen LogP contribution in [0.3, 0.4) is 0 Å². The third-order valence-corrected chi connectivity index (χ3v) is 5.96. The number of anilines is 2. The van der Waals surface area contributed by atoms with Crippen LogP contribution in [0.4, 0.5) is 16.3 Å². The Bertz CT molecular complexity index is 1110. The first-order chi connectivity index (χ1) is 16.6. The molecule has 0 atom stereocenters. The molecule has 180 valence electrons. The molecule has 4 N–H and O–H groups in total. The summed E-state index contributed by atoms with van der Waals surface area (Å²) in [5.41, 5.74) is 8.80. The summed E-state index contributed by atoms with van der Waals surface area (Å²) in [4.78, 5) is 15.0. The van der Waals surface area contributed by atoms with Gasteiger partial charge in [-0.2, -0.15) is 5.10 Å². The number of amides is 2. The van der Waals surface area contributed by atoms with Crippen LogP contribution in [0, 0.1) is 0 Å². The highest BCUT2D eigenvalue weighted by atomic mass is 35.5. The van der Waals surface area contributed by atoms with Crippen molar-refractivity contribution >= 4 is 29.1 Å². The number of halogens is 1. The van der Waals surface area contributed by atoms with Crippen LogP contribution in [-0.2, 0) is 4.74 Å². The second-order valence-corrected chi connectivity index (χ2v) is 8.30. The van der Waals surface area contributed by atoms with Gasteiger partial charge in [0.05, 0.1) is 31.0 Å². The van der Waals surface area contributed by atoms with Crippen molar-refractivity contribution < 1.29 is 14.3 Å². The van der Waals surface area contributed by atoms with Crippen molar-refractivity contribution in [2.24, 2.45) is 0 Å². The fraction of sp³-hybridized carbons (Fsp3) is 0.333. The molecule has 2 heterocycles. The summed E-state index contributed by atoms with van der Waals surface area (Å²) >= 11 is 6.39. The van der Waals surface area contributed by atoms with Crippen LogP contribution in [-0.4, -0.2) is 67.2 Å². The highest BCUT2D eigenvalue weighted by Gasteiger charge is 2.21. The Labute approximate surface area is 203 Å². The van der Waals surface area contributed by atoms with Crippen molar-refractivity contribution in [2.75, 3.05) is 57.6 Å². The maximum atomic E-state index is 12.7. The fourth-order valence-corrected chi connectivity index (χ4v) is 4.02. The number of para-hydroxylation sites is 1. The van der Waals surface area contributed by atoms with Gasteiger partial charge < -0.3 is 25.8 Å². The lowest BCUT2D eigenvalue weighted by Gasteiger charge is -2.26. The van der Waals surface area contributed by atoms with Crippen LogP contribution < -0.4 is 21.1 Å². The largest absolute Gasteiger partial charge is 0.497 e. The molecule has 1 aliphatic rings. The fourth-order valence-electron chi connectivity index (χ4n) is 3.80. The third kappa shape index (κ3) is 5.61. The molecule has 34 heavy (non-hydrogen) atoms. The van der Waals surface area contributed by atoms with E-state index in [0.29, 0.717) is 28.6 Å². The van der Waals surface area contributed by atoms with Crippen LogP contribution in [0.15, 0.2) is 48.5 Å². The highest BCUT2D eigenvalue weighted by molar-refractivity contribution is 6.32. The van der Waals surface area contributed by atoms with Crippen molar-refractivity contribution in [3.8, 4) is 22.7 Å². The van der Waals surface area contributed by atoms with Gasteiger partial charge >= 0.3 is 6.03 Å². The molecular formula is C24H29ClN6O3. The van der Waals surface area contributed by atoms with Gasteiger partial charge in [-0.3, -0.25) is 4.90 Å². The number of nitrogens with one attached hydrogen (secondary N) is 2. The molecule has 1 aromatic heterocycles. The lowest BCUT2D eigenvalue weighted by Crippen LogP contribution is -2.38. The highest BCUT2D eigenvalue weighted by Crippen LogP contribution is 2.36. The van der Waals surface area contributed by atoms with Crippen molar-refractivity contribution in [1.29, 1.82) is 0 Å². The molecule has 1 aliphatic heterocycles. The molecular weight excluding hydrogens is 456 g/mol. The summed E-state index contributed by atoms with van der Waals surface area (Å²) in [7, 11) is 1.61. The molecule has 10 heteroatoms. The lowest BCUT2D eigenvalue weighted by atomic mass is 10.1. The molecule has 0 unspecified atom stereocenters. The molecule has 0 bridgehead atoms. The molecule has 0 aliphatic carbocycles. The van der Waals surface area contributed by atoms with Crippen LogP contribution >= 0.6 is 11.6 Å². The van der Waals surface area contributed by atoms with Crippen LogP contribution in [0.5, 0.6) is 5.75 Å². The summed E-state index contributed by atoms with van der Waals surface area (Å²) in [6.07, 6.45) is 0.840. The maximum Gasteiger partial charge on any atom is 0.319 e. The molecule has 1 saturated heterocycles. The number of hydrogen-bond donors (Lipinski definition) is 3. The number of nitrogen functional groups attached to an aromatic ring is 1. The number of urea groups is 1. The monoisotopic (exact) mass is 484 g/mol. The number of morpholine rings is 1. The van der Waals surface area contributed by atoms with Gasteiger partial charge in [-0.1, -0.05) is 23.7 Å². The molecule has 2 aromatic carbocycles. The van der Waals surface area contributed by atoms with Gasteiger partial charge in [0.2, 0.25) is 0 Å². The Hall–Kier alpha value is -3.27. The van der Waals surface area contributed by atoms with Crippen LogP contribution in [0.2, 0.25) is 5.02 Å². The quantitative estimate of drug-likeness (QED) is 0.421. The van der Waals surface area contributed by atoms with E-state index >= 15 is 0 Å². The number of hydrogen-bond acceptors (Lipinski definition) is 6. The van der Waals surface area contributed by atoms with E-state index in [-0.39, 0.29) is 11.8 Å². The molecule has 1 fully saturated rings. The number of benzene rings is 2. The zero-order valence-electron chi connectivity index (χ0n) is 19.1. The predicted molar refractivity (Wildman–Crippen MR) is 134 cm³/mol. The van der Waals surface area contributed by atoms with E-state index in [2.05, 4.69) is 20.6 Å². The van der Waals surface area contributed by atoms with Gasteiger partial charge in [-0.05, 0) is 49.4 Å². The molecule has 2 amide bonds. The average Bonchev–Trinajstić information content (AvgIpc) is 3.18. The normalized spacial score (nSPS) is 14.1. The summed E-state index contributed by atoms with van der Waals surface area (Å²) in [6, 6.07) is 14.3. The molecule has 4 rings (SSSR count). The average molecular weight is 485 g/mol. The first-order valence-electron chi connectivity index (χ1n) is 11.2. The van der Waals surface area contributed by atoms with Gasteiger partial charge in [0, 0.05) is 25.2 Å². The van der Waals surface area contributed by atoms with Crippen molar-refractivity contribution in [2.45, 2.75) is 6.42 Å². The number of nitrogens with zero attached hydrogens (tertiary/aromatic N) is 3. The Balaban J connectivity index is 1.52. The Kier molecular flexibility index (Phi) is 7.89. The summed E-state index contributed by atoms with van der Waals surface area (Å²) < 4.78 is 12.2. The number of carbonyl (C=O) groups excluding carboxylic acids is 1. The molecule has 0 saturated carbocycles. The first-order valence-corrected chi connectivity index (χ1v) is 11.6. The Morgan fingerprint density at radius 1 is 1.18 bits per heavy atom. The SMILES string of the molecule is COc1ccc(-c2nn(-c3ccccc3Cl)c(N)c2NC(=O)NCCCN2CCOCC2)cc1. The maximum absolute atomic E-state index is 12.7. The number of rotatable bonds is 8. The predicted octanol–water partition coefficient (Wildman–Crippen LogP) is 3.63. The minimum atomic E-state index is -0.345. The number of methoxy groups -OCH3 is 1. The third-order valence-electron chi connectivity index (χ3n) is 5.64. The molecule has 0 spiro atoms. The summed E-state index contributed by atoms with van der Waals surface area (Å²) in [6.45, 7) is 4.82. The summed E-state index contributed by atoms with van der Waals surface area (Å²) in [5, 5.41) is 11.0. The number of carbonyl (C=O) groups is 1. The van der Waals surface area contributed by atoms with E-state index in [1.165, 1.54) is 4.68 Å². The second kappa shape index (κ2) is 11.2. The van der Waals surface area contributed by atoms with E-state index in [9.17, 15) is 4.79 Å². The van der Waals surface area contributed by atoms with Gasteiger partial charge in [0.25, 0.3) is 0 Å². The smallest absolute Gasteiger partial charge is 0.319 e. The standard InChI is InChI=1S/C24H29ClN6O3/c1-33-18-9-7-17(8-10-18)21-22(23(26)31(29-21)20-6-3-2-5-19(20)25)28-24(32)27-11-4-12-30-13-15-34-16-14-30/h2-3,5-10H,4,11-16,26H2,1H3,(H2,27,28,32). The number of aromatic nitrogens is 2. The van der Waals surface area contributed by atoms with Gasteiger partial charge in [-0.15, -0.1) is 0 Å². The van der Waals surface area contributed by atoms with Crippen LogP contribution in [0.25, 0.3) is 16.9 Å². The molecule has 3 aromatic rings. The topological polar surface area (TPSA) is 107 Å². The lowest BCUT2D eigenvalue weighted by molar-refractivity contribution is 0.0375. The van der Waals surface area contributed by atoms with Crippen molar-refractivity contribution in [3.05, 3.63) is 53.6 Å². The van der Waals surface area contributed by atoms with E-state index in [1.807, 2.05) is 42.5 Å². The van der Waals surface area contributed by atoms with E-state index in [1.54, 1.807) is 13.2 Å². The minimum Gasteiger partial charge on any atom is -0.497 e. The van der Waals surface area contributed by atoms with Crippen molar-refractivity contribution in [1.82, 2.24) is 20.0 Å². The number of nitrogens with two attached hydrogens (primary N) is 1. The zero-order chi connectivity index (χ0) is 23.9. The van der Waals surface area contributed by atoms with E-state index < -0.39 is 0 Å². The molecule has 0 radical (unpaired) electrons. The second-order valence-electron chi connectivity index (χ2n) is 7.89. The van der Waals surface area contributed by atoms with Crippen molar-refractivity contribution in [3.63, 3.8) is 0 Å². The summed E-state index contributed by atoms with van der Waals surface area (Å²) in [5.74, 6) is 0.997.